The van der Waals surface area contributed by atoms with E-state index in [9.17, 15) is 14.5 Å². The second-order valence-electron chi connectivity index (χ2n) is 10.2. The van der Waals surface area contributed by atoms with E-state index in [0.29, 0.717) is 0 Å². The summed E-state index contributed by atoms with van der Waals surface area (Å²) in [6, 6.07) is 1.90. The van der Waals surface area contributed by atoms with E-state index in [1.165, 1.54) is 17.0 Å². The zero-order valence-electron chi connectivity index (χ0n) is 22.1. The predicted octanol–water partition coefficient (Wildman–Crippen LogP) is 2.61. The molecule has 1 aliphatic heterocycles. The number of nitrogens with zero attached hydrogens (tertiary/aromatic N) is 4. The molecule has 1 fully saturated rings. The smallest absolute Gasteiger partial charge is 0.407 e. The van der Waals surface area contributed by atoms with E-state index in [2.05, 4.69) is 21.5 Å². The molecule has 0 aliphatic carbocycles. The molecular weight excluding hydrogens is 535 g/mol. The molecule has 2 aromatic heterocycles. The van der Waals surface area contributed by atoms with Gasteiger partial charge in [-0.15, -0.1) is 6.58 Å². The van der Waals surface area contributed by atoms with Gasteiger partial charge in [0.15, 0.2) is 25.7 Å². The molecule has 1 saturated heterocycles. The van der Waals surface area contributed by atoms with Gasteiger partial charge in [0.05, 0.1) is 38.6 Å². The summed E-state index contributed by atoms with van der Waals surface area (Å²) in [7, 11) is -6.82. The lowest BCUT2D eigenvalue weighted by Gasteiger charge is -2.40. The fourth-order valence-corrected chi connectivity index (χ4v) is 6.21. The molecule has 0 aromatic carbocycles. The second kappa shape index (κ2) is 11.8. The number of imidazole rings is 1. The van der Waals surface area contributed by atoms with Crippen LogP contribution in [0.2, 0.25) is 18.1 Å². The van der Waals surface area contributed by atoms with E-state index in [-0.39, 0.29) is 41.8 Å². The fourth-order valence-electron chi connectivity index (χ4n) is 3.57. The number of aliphatic hydroxyl groups is 1. The number of aromatic nitrogens is 4. The van der Waals surface area contributed by atoms with Crippen molar-refractivity contribution in [1.82, 2.24) is 19.5 Å². The summed E-state index contributed by atoms with van der Waals surface area (Å²) >= 11 is 0. The minimum absolute atomic E-state index is 0.0265. The predicted molar refractivity (Wildman–Crippen MR) is 140 cm³/mol. The number of H-pyrrole nitrogens is 1. The number of hydrogen-bond donors (Lipinski definition) is 3. The third kappa shape index (κ3) is 6.41. The number of aromatic amines is 1. The molecule has 5 atom stereocenters. The summed E-state index contributed by atoms with van der Waals surface area (Å²) in [6.07, 6.45) is -1.47. The number of nitrogens with two attached hydrogens (primary N) is 1. The lowest BCUT2D eigenvalue weighted by Crippen LogP contribution is -2.49. The van der Waals surface area contributed by atoms with Gasteiger partial charge >= 0.3 is 7.82 Å². The number of anilines is 1. The van der Waals surface area contributed by atoms with Crippen LogP contribution in [0.3, 0.4) is 0 Å². The summed E-state index contributed by atoms with van der Waals surface area (Å²) in [5.74, 6) is -0.121. The Morgan fingerprint density at radius 1 is 1.39 bits per heavy atom. The van der Waals surface area contributed by atoms with E-state index in [0.717, 1.165) is 0 Å². The molecule has 0 bridgehead atoms. The molecule has 0 radical (unpaired) electrons. The average molecular weight is 571 g/mol. The Balaban J connectivity index is 2.10. The highest BCUT2D eigenvalue weighted by molar-refractivity contribution is 7.48. The number of phosphoric ester groups is 1. The number of ether oxygens (including phenoxy) is 1. The summed E-state index contributed by atoms with van der Waals surface area (Å²) in [6.45, 7) is 12.8. The molecule has 16 heteroatoms. The van der Waals surface area contributed by atoms with Gasteiger partial charge in [0, 0.05) is 0 Å². The zero-order chi connectivity index (χ0) is 28.3. The molecule has 4 N–H and O–H groups in total. The van der Waals surface area contributed by atoms with Crippen molar-refractivity contribution < 1.29 is 32.4 Å². The largest absolute Gasteiger partial charge is 0.475 e. The highest BCUT2D eigenvalue weighted by Gasteiger charge is 2.54. The lowest BCUT2D eigenvalue weighted by molar-refractivity contribution is -0.0501. The highest BCUT2D eigenvalue weighted by atomic mass is 31.2. The standard InChI is InChI=1S/C22H35N6O8PSi/c1-7-10-32-37(31,33-11-8-9-23)35-16-14(12-29)34-20(17(16)36-38(5,6)22(2,3)4)28-13-25-15-18(28)26-21(24)27-19(15)30/h7,13-14,16-17,20,29H,1,8,10-12H2,2-6H3,(H3,24,26,27,30)/t14-,16-,17-,20-,37?/m1/s1. The first kappa shape index (κ1) is 30.1. The Hall–Kier alpha value is -2.41. The van der Waals surface area contributed by atoms with Gasteiger partial charge in [-0.25, -0.2) is 9.55 Å². The van der Waals surface area contributed by atoms with Crippen LogP contribution < -0.4 is 11.3 Å². The number of rotatable bonds is 12. The fraction of sp³-hybridized carbons (Fsp3) is 0.636. The van der Waals surface area contributed by atoms with E-state index in [4.69, 9.17) is 33.7 Å². The van der Waals surface area contributed by atoms with E-state index >= 15 is 0 Å². The summed E-state index contributed by atoms with van der Waals surface area (Å²) < 4.78 is 44.6. The number of nitrogens with one attached hydrogen (secondary N) is 1. The van der Waals surface area contributed by atoms with Crippen molar-refractivity contribution in [3.8, 4) is 6.07 Å². The summed E-state index contributed by atoms with van der Waals surface area (Å²) in [5, 5.41) is 18.9. The van der Waals surface area contributed by atoms with Gasteiger partial charge < -0.3 is 20.0 Å². The molecule has 0 saturated carbocycles. The van der Waals surface area contributed by atoms with Crippen molar-refractivity contribution >= 4 is 33.3 Å². The van der Waals surface area contributed by atoms with Crippen LogP contribution in [0.15, 0.2) is 23.8 Å². The molecule has 3 heterocycles. The topological polar surface area (TPSA) is 197 Å². The maximum absolute atomic E-state index is 13.6. The average Bonchev–Trinajstić information content (AvgIpc) is 3.38. The number of hydrogen-bond acceptors (Lipinski definition) is 12. The number of nitriles is 1. The number of nitrogen functional groups attached to an aromatic ring is 1. The van der Waals surface area contributed by atoms with Crippen molar-refractivity contribution in [3.63, 3.8) is 0 Å². The van der Waals surface area contributed by atoms with Crippen LogP contribution in [0.5, 0.6) is 0 Å². The van der Waals surface area contributed by atoms with Gasteiger partial charge in [-0.1, -0.05) is 26.8 Å². The maximum atomic E-state index is 13.6. The van der Waals surface area contributed by atoms with Crippen LogP contribution >= 0.6 is 7.82 Å². The monoisotopic (exact) mass is 570 g/mol. The third-order valence-corrected chi connectivity index (χ3v) is 12.4. The number of aliphatic hydroxyl groups excluding tert-OH is 1. The van der Waals surface area contributed by atoms with Crippen LogP contribution in [0.4, 0.5) is 5.95 Å². The molecule has 1 aliphatic rings. The van der Waals surface area contributed by atoms with Crippen LogP contribution in [-0.4, -0.2) is 71.1 Å². The third-order valence-electron chi connectivity index (χ3n) is 6.49. The van der Waals surface area contributed by atoms with Gasteiger partial charge in [-0.3, -0.25) is 27.9 Å². The minimum Gasteiger partial charge on any atom is -0.407 e. The second-order valence-corrected chi connectivity index (χ2v) is 16.6. The summed E-state index contributed by atoms with van der Waals surface area (Å²) in [5.41, 5.74) is 5.40. The normalized spacial score (nSPS) is 23.8. The number of phosphoric acid groups is 1. The van der Waals surface area contributed by atoms with E-state index in [1.54, 1.807) is 0 Å². The van der Waals surface area contributed by atoms with Gasteiger partial charge in [0.2, 0.25) is 5.95 Å². The molecule has 3 rings (SSSR count). The molecule has 1 unspecified atom stereocenters. The van der Waals surface area contributed by atoms with Crippen molar-refractivity contribution in [2.75, 3.05) is 25.6 Å². The van der Waals surface area contributed by atoms with Gasteiger partial charge in [0.1, 0.15) is 18.3 Å². The molecule has 38 heavy (non-hydrogen) atoms. The van der Waals surface area contributed by atoms with Crippen molar-refractivity contribution in [3.05, 3.63) is 29.3 Å². The van der Waals surface area contributed by atoms with Crippen LogP contribution in [0.1, 0.15) is 33.4 Å². The van der Waals surface area contributed by atoms with Crippen LogP contribution in [0, 0.1) is 11.3 Å². The Bertz CT molecular complexity index is 1290. The molecule has 210 valence electrons. The first-order valence-corrected chi connectivity index (χ1v) is 16.4. The Kier molecular flexibility index (Phi) is 9.33. The van der Waals surface area contributed by atoms with Gasteiger partial charge in [0.25, 0.3) is 5.56 Å². The number of fused-ring (bicyclic) bond motifs is 1. The SMILES string of the molecule is C=CCOP(=O)(OCCC#N)O[C@H]1[C@@H](O[Si](C)(C)C(C)(C)C)[C@H](n2cnc3c(=O)[nH]c(N)nc32)O[C@@H]1CO. The van der Waals surface area contributed by atoms with Gasteiger partial charge in [-0.05, 0) is 18.1 Å². The molecule has 0 amide bonds. The molecule has 14 nitrogen and oxygen atoms in total. The Morgan fingerprint density at radius 3 is 2.71 bits per heavy atom. The molecular formula is C22H35N6O8PSi. The molecule has 0 spiro atoms. The lowest BCUT2D eigenvalue weighted by atomic mass is 10.1. The maximum Gasteiger partial charge on any atom is 0.475 e. The van der Waals surface area contributed by atoms with Gasteiger partial charge in [-0.2, -0.15) is 10.2 Å². The first-order valence-electron chi connectivity index (χ1n) is 12.0. The van der Waals surface area contributed by atoms with Crippen molar-refractivity contribution in [2.45, 2.75) is 69.9 Å². The Morgan fingerprint density at radius 2 is 2.11 bits per heavy atom. The van der Waals surface area contributed by atoms with Crippen molar-refractivity contribution in [2.24, 2.45) is 0 Å². The van der Waals surface area contributed by atoms with Crippen LogP contribution in [0.25, 0.3) is 11.2 Å². The van der Waals surface area contributed by atoms with E-state index < -0.39 is 52.8 Å². The van der Waals surface area contributed by atoms with Crippen molar-refractivity contribution in [1.29, 1.82) is 5.26 Å². The van der Waals surface area contributed by atoms with E-state index in [1.807, 2.05) is 39.9 Å². The zero-order valence-corrected chi connectivity index (χ0v) is 24.0. The highest BCUT2D eigenvalue weighted by Crippen LogP contribution is 2.54. The summed E-state index contributed by atoms with van der Waals surface area (Å²) in [4.78, 5) is 23.1. The Labute approximate surface area is 221 Å². The quantitative estimate of drug-likeness (QED) is 0.146. The van der Waals surface area contributed by atoms with Crippen LogP contribution in [-0.2, 0) is 27.3 Å². The minimum atomic E-state index is -4.27. The first-order chi connectivity index (χ1) is 17.8. The molecule has 2 aromatic rings.